The highest BCUT2D eigenvalue weighted by molar-refractivity contribution is 7.15. The number of hydrogen-bond donors (Lipinski definition) is 1. The molecule has 0 aromatic carbocycles. The first-order valence-corrected chi connectivity index (χ1v) is 5.01. The molecule has 0 bridgehead atoms. The minimum atomic E-state index is -4.31. The van der Waals surface area contributed by atoms with Gasteiger partial charge in [0.15, 0.2) is 10.8 Å². The van der Waals surface area contributed by atoms with Crippen LogP contribution in [-0.4, -0.2) is 30.8 Å². The Labute approximate surface area is 93.4 Å². The maximum absolute atomic E-state index is 11.9. The van der Waals surface area contributed by atoms with Gasteiger partial charge in [-0.25, -0.2) is 9.78 Å². The van der Waals surface area contributed by atoms with Gasteiger partial charge >= 0.3 is 12.1 Å². The van der Waals surface area contributed by atoms with Crippen LogP contribution in [0.2, 0.25) is 0 Å². The predicted octanol–water partition coefficient (Wildman–Crippen LogP) is 2.21. The lowest BCUT2D eigenvalue weighted by atomic mass is 10.4. The molecule has 0 unspecified atom stereocenters. The van der Waals surface area contributed by atoms with Crippen LogP contribution in [0.3, 0.4) is 0 Å². The van der Waals surface area contributed by atoms with E-state index in [-0.39, 0.29) is 10.8 Å². The van der Waals surface area contributed by atoms with Crippen LogP contribution in [0.1, 0.15) is 15.4 Å². The van der Waals surface area contributed by atoms with Crippen molar-refractivity contribution in [1.82, 2.24) is 4.98 Å². The van der Waals surface area contributed by atoms with Gasteiger partial charge < -0.3 is 10.1 Å². The van der Waals surface area contributed by atoms with E-state index >= 15 is 0 Å². The number of halogens is 3. The van der Waals surface area contributed by atoms with E-state index in [1.807, 2.05) is 0 Å². The van der Waals surface area contributed by atoms with Crippen molar-refractivity contribution in [1.29, 1.82) is 0 Å². The molecule has 90 valence electrons. The summed E-state index contributed by atoms with van der Waals surface area (Å²) in [6.45, 7) is 0.406. The first-order chi connectivity index (χ1) is 7.33. The first-order valence-electron chi connectivity index (χ1n) is 4.20. The molecule has 4 nitrogen and oxygen atoms in total. The highest BCUT2D eigenvalue weighted by atomic mass is 32.1. The number of hydrogen-bond acceptors (Lipinski definition) is 5. The molecule has 8 heteroatoms. The number of anilines is 1. The Morgan fingerprint density at radius 1 is 1.56 bits per heavy atom. The topological polar surface area (TPSA) is 51.2 Å². The molecule has 0 saturated heterocycles. The van der Waals surface area contributed by atoms with Crippen molar-refractivity contribution in [2.75, 3.05) is 19.0 Å². The second-order valence-electron chi connectivity index (χ2n) is 2.88. The number of carbonyl (C=O) groups is 1. The number of alkyl halides is 3. The highest BCUT2D eigenvalue weighted by Crippen LogP contribution is 2.24. The van der Waals surface area contributed by atoms with Gasteiger partial charge in [0.1, 0.15) is 6.54 Å². The third-order valence-corrected chi connectivity index (χ3v) is 2.54. The Morgan fingerprint density at radius 3 is 2.69 bits per heavy atom. The molecule has 0 saturated carbocycles. The van der Waals surface area contributed by atoms with E-state index in [4.69, 9.17) is 0 Å². The van der Waals surface area contributed by atoms with Crippen molar-refractivity contribution in [3.63, 3.8) is 0 Å². The van der Waals surface area contributed by atoms with Crippen LogP contribution in [0.5, 0.6) is 0 Å². The largest absolute Gasteiger partial charge is 0.464 e. The molecule has 0 spiro atoms. The van der Waals surface area contributed by atoms with Gasteiger partial charge in [0.2, 0.25) is 0 Å². The van der Waals surface area contributed by atoms with Crippen LogP contribution in [0.15, 0.2) is 0 Å². The second-order valence-corrected chi connectivity index (χ2v) is 4.09. The zero-order valence-electron chi connectivity index (χ0n) is 8.51. The summed E-state index contributed by atoms with van der Waals surface area (Å²) in [5, 5.41) is 2.15. The molecule has 0 atom stereocenters. The lowest BCUT2D eigenvalue weighted by Gasteiger charge is -2.05. The van der Waals surface area contributed by atoms with Gasteiger partial charge in [0.25, 0.3) is 0 Å². The summed E-state index contributed by atoms with van der Waals surface area (Å²) >= 11 is 0.976. The molecule has 1 aromatic heterocycles. The van der Waals surface area contributed by atoms with Crippen molar-refractivity contribution in [3.05, 3.63) is 10.6 Å². The number of methoxy groups -OCH3 is 1. The third kappa shape index (κ3) is 3.37. The Bertz CT molecular complexity index is 389. The summed E-state index contributed by atoms with van der Waals surface area (Å²) in [5.41, 5.74) is 0.0391. The molecule has 0 aliphatic heterocycles. The zero-order valence-corrected chi connectivity index (χ0v) is 9.33. The normalized spacial score (nSPS) is 11.3. The molecule has 0 radical (unpaired) electrons. The standard InChI is InChI=1S/C8H9F3N2O2S/c1-4-5(6(14)15-2)13-7(16-4)12-3-8(9,10)11/h3H2,1-2H3,(H,12,13). The van der Waals surface area contributed by atoms with Crippen LogP contribution in [0.4, 0.5) is 18.3 Å². The Morgan fingerprint density at radius 2 is 2.19 bits per heavy atom. The van der Waals surface area contributed by atoms with Gasteiger partial charge in [-0.2, -0.15) is 13.2 Å². The van der Waals surface area contributed by atoms with E-state index in [1.165, 1.54) is 7.11 Å². The molecule has 0 amide bonds. The first kappa shape index (κ1) is 12.8. The third-order valence-electron chi connectivity index (χ3n) is 1.62. The summed E-state index contributed by atoms with van der Waals surface area (Å²) in [7, 11) is 1.18. The Hall–Kier alpha value is -1.31. The number of ether oxygens (including phenoxy) is 1. The van der Waals surface area contributed by atoms with Crippen LogP contribution in [-0.2, 0) is 4.74 Å². The van der Waals surface area contributed by atoms with Gasteiger partial charge in [-0.15, -0.1) is 11.3 Å². The fourth-order valence-electron chi connectivity index (χ4n) is 0.934. The van der Waals surface area contributed by atoms with Crippen LogP contribution in [0.25, 0.3) is 0 Å². The number of esters is 1. The monoisotopic (exact) mass is 254 g/mol. The quantitative estimate of drug-likeness (QED) is 0.840. The smallest absolute Gasteiger partial charge is 0.405 e. The SMILES string of the molecule is COC(=O)c1nc(NCC(F)(F)F)sc1C. The molecule has 16 heavy (non-hydrogen) atoms. The number of rotatable bonds is 3. The zero-order chi connectivity index (χ0) is 12.3. The number of thiazole rings is 1. The molecule has 0 aliphatic carbocycles. The second kappa shape index (κ2) is 4.69. The van der Waals surface area contributed by atoms with Crippen molar-refractivity contribution in [2.24, 2.45) is 0 Å². The van der Waals surface area contributed by atoms with Crippen LogP contribution in [0, 0.1) is 6.92 Å². The van der Waals surface area contributed by atoms with E-state index in [1.54, 1.807) is 6.92 Å². The van der Waals surface area contributed by atoms with E-state index < -0.39 is 18.7 Å². The lowest BCUT2D eigenvalue weighted by molar-refractivity contribution is -0.115. The van der Waals surface area contributed by atoms with E-state index in [0.29, 0.717) is 4.88 Å². The summed E-state index contributed by atoms with van der Waals surface area (Å²) in [5.74, 6) is -0.659. The summed E-state index contributed by atoms with van der Waals surface area (Å²) in [4.78, 5) is 15.3. The molecular formula is C8H9F3N2O2S. The molecule has 0 aliphatic rings. The number of nitrogens with one attached hydrogen (secondary N) is 1. The Balaban J connectivity index is 2.74. The number of carbonyl (C=O) groups excluding carboxylic acids is 1. The fraction of sp³-hybridized carbons (Fsp3) is 0.500. The average molecular weight is 254 g/mol. The maximum atomic E-state index is 11.9. The molecular weight excluding hydrogens is 245 g/mol. The highest BCUT2D eigenvalue weighted by Gasteiger charge is 2.27. The minimum absolute atomic E-state index is 0.0391. The number of aromatic nitrogens is 1. The van der Waals surface area contributed by atoms with E-state index in [0.717, 1.165) is 11.3 Å². The van der Waals surface area contributed by atoms with Gasteiger partial charge in [-0.1, -0.05) is 0 Å². The van der Waals surface area contributed by atoms with Crippen molar-refractivity contribution >= 4 is 22.4 Å². The lowest BCUT2D eigenvalue weighted by Crippen LogP contribution is -2.21. The summed E-state index contributed by atoms with van der Waals surface area (Å²) in [6, 6.07) is 0. The fourth-order valence-corrected chi connectivity index (χ4v) is 1.73. The van der Waals surface area contributed by atoms with Gasteiger partial charge in [-0.3, -0.25) is 0 Å². The van der Waals surface area contributed by atoms with Gasteiger partial charge in [0, 0.05) is 4.88 Å². The van der Waals surface area contributed by atoms with Crippen molar-refractivity contribution < 1.29 is 22.7 Å². The molecule has 1 N–H and O–H groups in total. The molecule has 1 aromatic rings. The van der Waals surface area contributed by atoms with E-state index in [9.17, 15) is 18.0 Å². The van der Waals surface area contributed by atoms with Gasteiger partial charge in [0.05, 0.1) is 7.11 Å². The summed E-state index contributed by atoms with van der Waals surface area (Å²) < 4.78 is 40.1. The Kier molecular flexibility index (Phi) is 3.74. The van der Waals surface area contributed by atoms with Crippen molar-refractivity contribution in [3.8, 4) is 0 Å². The van der Waals surface area contributed by atoms with Crippen LogP contribution >= 0.6 is 11.3 Å². The summed E-state index contributed by atoms with van der Waals surface area (Å²) in [6.07, 6.45) is -4.31. The van der Waals surface area contributed by atoms with E-state index in [2.05, 4.69) is 15.0 Å². The molecule has 1 heterocycles. The number of aryl methyl sites for hydroxylation is 1. The van der Waals surface area contributed by atoms with Crippen molar-refractivity contribution in [2.45, 2.75) is 13.1 Å². The minimum Gasteiger partial charge on any atom is -0.464 e. The van der Waals surface area contributed by atoms with Crippen LogP contribution < -0.4 is 5.32 Å². The molecule has 1 rings (SSSR count). The number of nitrogens with zero attached hydrogens (tertiary/aromatic N) is 1. The van der Waals surface area contributed by atoms with Gasteiger partial charge in [-0.05, 0) is 6.92 Å². The molecule has 0 fully saturated rings. The maximum Gasteiger partial charge on any atom is 0.405 e. The predicted molar refractivity (Wildman–Crippen MR) is 52.7 cm³/mol. The average Bonchev–Trinajstić information content (AvgIpc) is 2.55.